The molecular formula is C26H31N3O3. The summed E-state index contributed by atoms with van der Waals surface area (Å²) in [6.07, 6.45) is 1.04. The van der Waals surface area contributed by atoms with Crippen LogP contribution in [0.1, 0.15) is 37.0 Å². The Kier molecular flexibility index (Phi) is 6.58. The van der Waals surface area contributed by atoms with Gasteiger partial charge in [-0.15, -0.1) is 0 Å². The van der Waals surface area contributed by atoms with Crippen LogP contribution in [0.4, 0.5) is 0 Å². The van der Waals surface area contributed by atoms with E-state index in [0.29, 0.717) is 44.7 Å². The molecule has 2 aliphatic rings. The molecule has 4 rings (SSSR count). The summed E-state index contributed by atoms with van der Waals surface area (Å²) in [5.41, 5.74) is 2.87. The Balaban J connectivity index is 1.36. The molecule has 6 heteroatoms. The van der Waals surface area contributed by atoms with Gasteiger partial charge < -0.3 is 14.7 Å². The highest BCUT2D eigenvalue weighted by Crippen LogP contribution is 2.23. The zero-order valence-electron chi connectivity index (χ0n) is 18.9. The van der Waals surface area contributed by atoms with Crippen molar-refractivity contribution >= 4 is 17.7 Å². The van der Waals surface area contributed by atoms with E-state index in [1.165, 1.54) is 0 Å². The van der Waals surface area contributed by atoms with Crippen LogP contribution in [0.3, 0.4) is 0 Å². The van der Waals surface area contributed by atoms with Crippen LogP contribution in [-0.4, -0.2) is 71.2 Å². The normalized spacial score (nSPS) is 19.4. The van der Waals surface area contributed by atoms with Crippen LogP contribution in [0.5, 0.6) is 0 Å². The van der Waals surface area contributed by atoms with E-state index in [1.54, 1.807) is 4.90 Å². The molecule has 2 aliphatic heterocycles. The quantitative estimate of drug-likeness (QED) is 0.744. The van der Waals surface area contributed by atoms with Crippen LogP contribution in [-0.2, 0) is 9.59 Å². The van der Waals surface area contributed by atoms with E-state index in [1.807, 2.05) is 66.1 Å². The van der Waals surface area contributed by atoms with Gasteiger partial charge in [-0.25, -0.2) is 0 Å². The molecule has 6 nitrogen and oxygen atoms in total. The number of rotatable bonds is 4. The molecule has 2 aromatic carbocycles. The third-order valence-electron chi connectivity index (χ3n) is 6.46. The molecule has 0 bridgehead atoms. The molecule has 0 aliphatic carbocycles. The summed E-state index contributed by atoms with van der Waals surface area (Å²) in [7, 11) is 0. The van der Waals surface area contributed by atoms with Crippen LogP contribution in [0, 0.1) is 5.92 Å². The smallest absolute Gasteiger partial charge is 0.253 e. The highest BCUT2D eigenvalue weighted by atomic mass is 16.2. The molecule has 168 valence electrons. The van der Waals surface area contributed by atoms with Crippen molar-refractivity contribution in [3.05, 3.63) is 60.2 Å². The fourth-order valence-corrected chi connectivity index (χ4v) is 4.61. The van der Waals surface area contributed by atoms with E-state index in [9.17, 15) is 14.4 Å². The van der Waals surface area contributed by atoms with Gasteiger partial charge in [0.15, 0.2) is 0 Å². The lowest BCUT2D eigenvalue weighted by Gasteiger charge is -2.25. The van der Waals surface area contributed by atoms with Gasteiger partial charge in [0, 0.05) is 50.7 Å². The molecule has 2 aromatic rings. The van der Waals surface area contributed by atoms with E-state index < -0.39 is 0 Å². The summed E-state index contributed by atoms with van der Waals surface area (Å²) in [5.74, 6) is -0.162. The summed E-state index contributed by atoms with van der Waals surface area (Å²) in [6.45, 7) is 6.74. The van der Waals surface area contributed by atoms with Gasteiger partial charge in [-0.1, -0.05) is 42.5 Å². The first-order chi connectivity index (χ1) is 15.4. The van der Waals surface area contributed by atoms with Gasteiger partial charge in [-0.3, -0.25) is 14.4 Å². The minimum atomic E-state index is -0.266. The van der Waals surface area contributed by atoms with Crippen LogP contribution < -0.4 is 0 Å². The molecule has 0 radical (unpaired) electrons. The molecule has 0 N–H and O–H groups in total. The molecule has 0 aromatic heterocycles. The Hall–Kier alpha value is -3.15. The van der Waals surface area contributed by atoms with Crippen molar-refractivity contribution < 1.29 is 14.4 Å². The Labute approximate surface area is 189 Å². The summed E-state index contributed by atoms with van der Waals surface area (Å²) < 4.78 is 0. The Morgan fingerprint density at radius 2 is 1.47 bits per heavy atom. The summed E-state index contributed by atoms with van der Waals surface area (Å²) in [6, 6.07) is 17.9. The molecular weight excluding hydrogens is 402 g/mol. The Bertz CT molecular complexity index is 972. The lowest BCUT2D eigenvalue weighted by molar-refractivity contribution is -0.135. The van der Waals surface area contributed by atoms with E-state index in [4.69, 9.17) is 0 Å². The first-order valence-corrected chi connectivity index (χ1v) is 11.5. The summed E-state index contributed by atoms with van der Waals surface area (Å²) in [4.78, 5) is 43.8. The number of hydrogen-bond acceptors (Lipinski definition) is 3. The number of hydrogen-bond donors (Lipinski definition) is 0. The summed E-state index contributed by atoms with van der Waals surface area (Å²) >= 11 is 0. The maximum atomic E-state index is 13.1. The molecule has 2 saturated heterocycles. The second-order valence-corrected chi connectivity index (χ2v) is 8.96. The van der Waals surface area contributed by atoms with E-state index >= 15 is 0 Å². The largest absolute Gasteiger partial charge is 0.341 e. The van der Waals surface area contributed by atoms with Crippen LogP contribution in [0.15, 0.2) is 54.6 Å². The van der Waals surface area contributed by atoms with Gasteiger partial charge in [0.2, 0.25) is 11.8 Å². The van der Waals surface area contributed by atoms with Crippen LogP contribution >= 0.6 is 0 Å². The Morgan fingerprint density at radius 3 is 2.12 bits per heavy atom. The zero-order chi connectivity index (χ0) is 22.7. The van der Waals surface area contributed by atoms with Gasteiger partial charge in [0.1, 0.15) is 0 Å². The molecule has 2 fully saturated rings. The van der Waals surface area contributed by atoms with Gasteiger partial charge >= 0.3 is 0 Å². The third kappa shape index (κ3) is 4.69. The van der Waals surface area contributed by atoms with Crippen molar-refractivity contribution in [2.75, 3.05) is 32.7 Å². The molecule has 0 saturated carbocycles. The van der Waals surface area contributed by atoms with Gasteiger partial charge in [-0.05, 0) is 43.5 Å². The molecule has 3 amide bonds. The molecule has 2 heterocycles. The highest BCUT2D eigenvalue weighted by Gasteiger charge is 2.38. The standard InChI is InChI=1S/C26H31N3O3/c1-19(2)29-18-23(17-24(29)30)26(32)28-14-6-13-27(15-16-28)25(31)22-11-9-21(10-12-22)20-7-4-3-5-8-20/h3-5,7-12,19,23H,6,13-18H2,1-2H3. The van der Waals surface area contributed by atoms with Crippen molar-refractivity contribution in [2.24, 2.45) is 5.92 Å². The molecule has 32 heavy (non-hydrogen) atoms. The first-order valence-electron chi connectivity index (χ1n) is 11.5. The van der Waals surface area contributed by atoms with Crippen LogP contribution in [0.2, 0.25) is 0 Å². The number of likely N-dealkylation sites (tertiary alicyclic amines) is 1. The van der Waals surface area contributed by atoms with Crippen molar-refractivity contribution in [3.63, 3.8) is 0 Å². The van der Waals surface area contributed by atoms with Crippen molar-refractivity contribution in [3.8, 4) is 11.1 Å². The van der Waals surface area contributed by atoms with E-state index in [-0.39, 0.29) is 29.7 Å². The number of benzene rings is 2. The highest BCUT2D eigenvalue weighted by molar-refractivity contribution is 5.95. The maximum Gasteiger partial charge on any atom is 0.253 e. The third-order valence-corrected chi connectivity index (χ3v) is 6.46. The average Bonchev–Trinajstić information content (AvgIpc) is 3.04. The van der Waals surface area contributed by atoms with Crippen molar-refractivity contribution in [1.82, 2.24) is 14.7 Å². The average molecular weight is 434 g/mol. The minimum Gasteiger partial charge on any atom is -0.341 e. The SMILES string of the molecule is CC(C)N1CC(C(=O)N2CCCN(C(=O)c3ccc(-c4ccccc4)cc3)CC2)CC1=O. The fraction of sp³-hybridized carbons (Fsp3) is 0.423. The Morgan fingerprint density at radius 1 is 0.844 bits per heavy atom. The van der Waals surface area contributed by atoms with Gasteiger partial charge in [0.05, 0.1) is 5.92 Å². The fourth-order valence-electron chi connectivity index (χ4n) is 4.61. The van der Waals surface area contributed by atoms with Crippen molar-refractivity contribution in [1.29, 1.82) is 0 Å². The monoisotopic (exact) mass is 433 g/mol. The molecule has 1 atom stereocenters. The predicted molar refractivity (Wildman–Crippen MR) is 124 cm³/mol. The lowest BCUT2D eigenvalue weighted by atomic mass is 10.0. The molecule has 0 spiro atoms. The second kappa shape index (κ2) is 9.55. The van der Waals surface area contributed by atoms with Gasteiger partial charge in [0.25, 0.3) is 5.91 Å². The van der Waals surface area contributed by atoms with Crippen molar-refractivity contribution in [2.45, 2.75) is 32.7 Å². The van der Waals surface area contributed by atoms with E-state index in [0.717, 1.165) is 17.5 Å². The predicted octanol–water partition coefficient (Wildman–Crippen LogP) is 3.29. The van der Waals surface area contributed by atoms with E-state index in [2.05, 4.69) is 12.1 Å². The van der Waals surface area contributed by atoms with Gasteiger partial charge in [-0.2, -0.15) is 0 Å². The summed E-state index contributed by atoms with van der Waals surface area (Å²) in [5, 5.41) is 0. The zero-order valence-corrected chi connectivity index (χ0v) is 18.9. The topological polar surface area (TPSA) is 60.9 Å². The molecule has 1 unspecified atom stereocenters. The first kappa shape index (κ1) is 22.1. The number of nitrogens with zero attached hydrogens (tertiary/aromatic N) is 3. The van der Waals surface area contributed by atoms with Crippen LogP contribution in [0.25, 0.3) is 11.1 Å². The number of carbonyl (C=O) groups is 3. The number of carbonyl (C=O) groups excluding carboxylic acids is 3. The maximum absolute atomic E-state index is 13.1. The second-order valence-electron chi connectivity index (χ2n) is 8.96. The number of amides is 3. The lowest BCUT2D eigenvalue weighted by Crippen LogP contribution is -2.41. The minimum absolute atomic E-state index is 0.000868.